The van der Waals surface area contributed by atoms with Gasteiger partial charge in [0.05, 0.1) is 13.2 Å². The highest BCUT2D eigenvalue weighted by Crippen LogP contribution is 2.35. The molecule has 0 aromatic heterocycles. The molecule has 1 heterocycles. The number of nitrogens with zero attached hydrogens (tertiary/aromatic N) is 2. The maximum absolute atomic E-state index is 5.65. The molecular formula is C24H32N2O. The molecule has 1 aliphatic heterocycles. The van der Waals surface area contributed by atoms with Gasteiger partial charge in [-0.25, -0.2) is 0 Å². The first-order valence-electron chi connectivity index (χ1n) is 10.7. The molecule has 4 rings (SSSR count). The normalized spacial score (nSPS) is 31.0. The van der Waals surface area contributed by atoms with Gasteiger partial charge in [-0.15, -0.1) is 0 Å². The predicted octanol–water partition coefficient (Wildman–Crippen LogP) is 5.05. The lowest BCUT2D eigenvalue weighted by Crippen LogP contribution is -2.49. The molecule has 0 amide bonds. The second kappa shape index (κ2) is 8.77. The summed E-state index contributed by atoms with van der Waals surface area (Å²) in [5, 5.41) is 0. The third kappa shape index (κ3) is 4.12. The summed E-state index contributed by atoms with van der Waals surface area (Å²) in [4.78, 5) is 7.63. The third-order valence-electron chi connectivity index (χ3n) is 6.16. The summed E-state index contributed by atoms with van der Waals surface area (Å²) in [7, 11) is 0. The summed E-state index contributed by atoms with van der Waals surface area (Å²) >= 11 is 0. The van der Waals surface area contributed by atoms with E-state index < -0.39 is 0 Å². The Kier molecular flexibility index (Phi) is 5.96. The largest absolute Gasteiger partial charge is 0.494 e. The van der Waals surface area contributed by atoms with Crippen molar-refractivity contribution in [2.45, 2.75) is 45.1 Å². The first-order chi connectivity index (χ1) is 13.4. The Morgan fingerprint density at radius 3 is 2.81 bits per heavy atom. The minimum Gasteiger partial charge on any atom is -0.494 e. The lowest BCUT2D eigenvalue weighted by molar-refractivity contribution is 0.198. The Morgan fingerprint density at radius 2 is 2.11 bits per heavy atom. The topological polar surface area (TPSA) is 24.8 Å². The quantitative estimate of drug-likeness (QED) is 0.616. The fourth-order valence-electron chi connectivity index (χ4n) is 4.93. The molecule has 144 valence electrons. The minimum atomic E-state index is 0.384. The van der Waals surface area contributed by atoms with Gasteiger partial charge in [0.25, 0.3) is 0 Å². The van der Waals surface area contributed by atoms with Gasteiger partial charge in [-0.1, -0.05) is 42.5 Å². The molecule has 0 aromatic carbocycles. The monoisotopic (exact) mass is 364 g/mol. The Hall–Kier alpha value is -2.03. The molecule has 3 heteroatoms. The van der Waals surface area contributed by atoms with Crippen LogP contribution in [-0.2, 0) is 4.74 Å². The van der Waals surface area contributed by atoms with Crippen LogP contribution in [0.2, 0.25) is 0 Å². The van der Waals surface area contributed by atoms with Crippen molar-refractivity contribution in [1.82, 2.24) is 4.90 Å². The summed E-state index contributed by atoms with van der Waals surface area (Å²) in [6, 6.07) is 0.523. The van der Waals surface area contributed by atoms with Crippen LogP contribution < -0.4 is 0 Å². The molecule has 0 saturated carbocycles. The SMILES string of the molecule is CCOC1=CC[C@H](C2=NCCN2C(C2C=CC=CC2)C2C=CCCC2)C=C1. The smallest absolute Gasteiger partial charge is 0.115 e. The molecule has 0 saturated heterocycles. The van der Waals surface area contributed by atoms with Gasteiger partial charge in [-0.3, -0.25) is 4.99 Å². The van der Waals surface area contributed by atoms with E-state index in [9.17, 15) is 0 Å². The van der Waals surface area contributed by atoms with Gasteiger partial charge in [0.1, 0.15) is 11.6 Å². The van der Waals surface area contributed by atoms with Crippen molar-refractivity contribution in [3.05, 3.63) is 60.4 Å². The van der Waals surface area contributed by atoms with Gasteiger partial charge in [0, 0.05) is 24.4 Å². The van der Waals surface area contributed by atoms with Crippen molar-refractivity contribution in [2.75, 3.05) is 19.7 Å². The van der Waals surface area contributed by atoms with Gasteiger partial charge < -0.3 is 9.64 Å². The van der Waals surface area contributed by atoms with Crippen molar-refractivity contribution >= 4 is 5.84 Å². The van der Waals surface area contributed by atoms with Crippen LogP contribution in [0, 0.1) is 17.8 Å². The third-order valence-corrected chi connectivity index (χ3v) is 6.16. The van der Waals surface area contributed by atoms with E-state index in [2.05, 4.69) is 59.6 Å². The van der Waals surface area contributed by atoms with Crippen molar-refractivity contribution in [2.24, 2.45) is 22.7 Å². The molecule has 3 aliphatic carbocycles. The van der Waals surface area contributed by atoms with Crippen molar-refractivity contribution in [3.8, 4) is 0 Å². The molecule has 0 radical (unpaired) electrons. The fraction of sp³-hybridized carbons (Fsp3) is 0.542. The maximum atomic E-state index is 5.65. The van der Waals surface area contributed by atoms with E-state index in [1.165, 1.54) is 25.1 Å². The van der Waals surface area contributed by atoms with E-state index in [1.54, 1.807) is 0 Å². The molecule has 4 aliphatic rings. The molecule has 0 bridgehead atoms. The van der Waals surface area contributed by atoms with E-state index in [1.807, 2.05) is 6.92 Å². The minimum absolute atomic E-state index is 0.384. The summed E-state index contributed by atoms with van der Waals surface area (Å²) in [5.41, 5.74) is 0. The van der Waals surface area contributed by atoms with Crippen molar-refractivity contribution in [1.29, 1.82) is 0 Å². The number of aliphatic imine (C=N–C) groups is 1. The average molecular weight is 365 g/mol. The lowest BCUT2D eigenvalue weighted by Gasteiger charge is -2.42. The van der Waals surface area contributed by atoms with Crippen LogP contribution in [-0.4, -0.2) is 36.5 Å². The zero-order valence-electron chi connectivity index (χ0n) is 16.5. The highest BCUT2D eigenvalue weighted by molar-refractivity contribution is 5.88. The highest BCUT2D eigenvalue weighted by atomic mass is 16.5. The van der Waals surface area contributed by atoms with Crippen LogP contribution in [0.15, 0.2) is 65.4 Å². The predicted molar refractivity (Wildman–Crippen MR) is 113 cm³/mol. The first kappa shape index (κ1) is 18.3. The van der Waals surface area contributed by atoms with Gasteiger partial charge >= 0.3 is 0 Å². The van der Waals surface area contributed by atoms with Gasteiger partial charge in [0.15, 0.2) is 0 Å². The first-order valence-corrected chi connectivity index (χ1v) is 10.7. The van der Waals surface area contributed by atoms with E-state index >= 15 is 0 Å². The van der Waals surface area contributed by atoms with Crippen molar-refractivity contribution in [3.63, 3.8) is 0 Å². The van der Waals surface area contributed by atoms with Crippen LogP contribution in [0.1, 0.15) is 39.0 Å². The van der Waals surface area contributed by atoms with Crippen LogP contribution >= 0.6 is 0 Å². The highest BCUT2D eigenvalue weighted by Gasteiger charge is 2.37. The molecule has 4 atom stereocenters. The van der Waals surface area contributed by atoms with E-state index in [-0.39, 0.29) is 0 Å². The Balaban J connectivity index is 1.54. The number of hydrogen-bond acceptors (Lipinski definition) is 3. The van der Waals surface area contributed by atoms with Gasteiger partial charge in [-0.05, 0) is 57.1 Å². The summed E-state index contributed by atoms with van der Waals surface area (Å²) < 4.78 is 5.65. The number of ether oxygens (including phenoxy) is 1. The summed E-state index contributed by atoms with van der Waals surface area (Å²) in [5.74, 6) is 3.89. The van der Waals surface area contributed by atoms with Crippen molar-refractivity contribution < 1.29 is 4.74 Å². The Morgan fingerprint density at radius 1 is 1.15 bits per heavy atom. The lowest BCUT2D eigenvalue weighted by atomic mass is 9.78. The van der Waals surface area contributed by atoms with E-state index in [0.29, 0.717) is 23.8 Å². The Labute approximate surface area is 163 Å². The number of rotatable bonds is 6. The Bertz CT molecular complexity index is 695. The molecular weight excluding hydrogens is 332 g/mol. The van der Waals surface area contributed by atoms with Gasteiger partial charge in [0.2, 0.25) is 0 Å². The summed E-state index contributed by atoms with van der Waals surface area (Å²) in [6.07, 6.45) is 26.7. The summed E-state index contributed by atoms with van der Waals surface area (Å²) in [6.45, 7) is 4.76. The number of allylic oxidation sites excluding steroid dienone is 6. The standard InChI is InChI=1S/C24H32N2O/c1-2-27-22-15-13-21(14-16-22)24-25-17-18-26(24)23(19-9-5-3-6-10-19)20-11-7-4-8-12-20/h3,5-7,9,11,13,15-16,19-21,23H,2,4,8,10,12,14,17-18H2,1H3/t19?,20?,21-,23?/m1/s1. The second-order valence-corrected chi connectivity index (χ2v) is 7.90. The van der Waals surface area contributed by atoms with Crippen LogP contribution in [0.4, 0.5) is 0 Å². The maximum Gasteiger partial charge on any atom is 0.115 e. The molecule has 3 nitrogen and oxygen atoms in total. The van der Waals surface area contributed by atoms with Crippen LogP contribution in [0.25, 0.3) is 0 Å². The molecule has 0 spiro atoms. The molecule has 27 heavy (non-hydrogen) atoms. The van der Waals surface area contributed by atoms with Crippen LogP contribution in [0.3, 0.4) is 0 Å². The zero-order chi connectivity index (χ0) is 18.5. The number of amidine groups is 1. The molecule has 0 N–H and O–H groups in total. The fourth-order valence-corrected chi connectivity index (χ4v) is 4.93. The van der Waals surface area contributed by atoms with E-state index in [4.69, 9.17) is 9.73 Å². The second-order valence-electron chi connectivity index (χ2n) is 7.90. The molecule has 0 fully saturated rings. The molecule has 3 unspecified atom stereocenters. The number of hydrogen-bond donors (Lipinski definition) is 0. The van der Waals surface area contributed by atoms with Crippen LogP contribution in [0.5, 0.6) is 0 Å². The van der Waals surface area contributed by atoms with Gasteiger partial charge in [-0.2, -0.15) is 0 Å². The molecule has 0 aromatic rings. The average Bonchev–Trinajstić information content (AvgIpc) is 3.20. The van der Waals surface area contributed by atoms with E-state index in [0.717, 1.165) is 38.3 Å². The zero-order valence-corrected chi connectivity index (χ0v) is 16.5.